The van der Waals surface area contributed by atoms with Crippen LogP contribution in [0.5, 0.6) is 0 Å². The predicted octanol–water partition coefficient (Wildman–Crippen LogP) is 1.64. The van der Waals surface area contributed by atoms with E-state index in [-0.39, 0.29) is 12.5 Å². The molecule has 3 N–H and O–H groups in total. The van der Waals surface area contributed by atoms with Crippen LogP contribution < -0.4 is 10.6 Å². The quantitative estimate of drug-likeness (QED) is 0.745. The average Bonchev–Trinajstić information content (AvgIpc) is 2.25. The molecule has 0 bridgehead atoms. The van der Waals surface area contributed by atoms with Crippen LogP contribution in [0.2, 0.25) is 0 Å². The summed E-state index contributed by atoms with van der Waals surface area (Å²) < 4.78 is 0. The van der Waals surface area contributed by atoms with Crippen LogP contribution in [0.4, 0.5) is 5.69 Å². The molecule has 1 aliphatic rings. The highest BCUT2D eigenvalue weighted by atomic mass is 16.3. The number of aryl methyl sites for hydroxylation is 1. The van der Waals surface area contributed by atoms with Crippen LogP contribution in [0.1, 0.15) is 35.7 Å². The minimum absolute atomic E-state index is 0.0563. The minimum Gasteiger partial charge on any atom is -0.396 e. The second-order valence-electron chi connectivity index (χ2n) is 4.79. The number of carbonyl (C=O) groups excluding carboxylic acids is 1. The first-order valence-electron chi connectivity index (χ1n) is 5.86. The summed E-state index contributed by atoms with van der Waals surface area (Å²) in [7, 11) is 0. The van der Waals surface area contributed by atoms with Gasteiger partial charge in [0.25, 0.3) is 5.91 Å². The van der Waals surface area contributed by atoms with Gasteiger partial charge in [-0.15, -0.1) is 0 Å². The largest absolute Gasteiger partial charge is 0.396 e. The SMILES string of the molecule is Cc1ccc2c(c1)NC(C)(CCCO)NC2=O. The number of nitrogens with one attached hydrogen (secondary N) is 2. The first-order chi connectivity index (χ1) is 8.04. The normalized spacial score (nSPS) is 22.6. The van der Waals surface area contributed by atoms with Crippen molar-refractivity contribution < 1.29 is 9.90 Å². The van der Waals surface area contributed by atoms with Gasteiger partial charge >= 0.3 is 0 Å². The fourth-order valence-corrected chi connectivity index (χ4v) is 2.16. The molecule has 0 radical (unpaired) electrons. The molecular formula is C13H18N2O2. The van der Waals surface area contributed by atoms with E-state index in [0.717, 1.165) is 11.3 Å². The molecule has 1 atom stereocenters. The van der Waals surface area contributed by atoms with Gasteiger partial charge in [-0.1, -0.05) is 6.07 Å². The molecule has 0 aliphatic carbocycles. The van der Waals surface area contributed by atoms with E-state index in [2.05, 4.69) is 10.6 Å². The van der Waals surface area contributed by atoms with E-state index >= 15 is 0 Å². The van der Waals surface area contributed by atoms with E-state index in [9.17, 15) is 4.79 Å². The van der Waals surface area contributed by atoms with Crippen LogP contribution in [-0.4, -0.2) is 23.3 Å². The van der Waals surface area contributed by atoms with Gasteiger partial charge in [0.15, 0.2) is 0 Å². The standard InChI is InChI=1S/C13H18N2O2/c1-9-4-5-10-11(8-9)14-13(2,6-3-7-16)15-12(10)17/h4-5,8,14,16H,3,6-7H2,1-2H3,(H,15,17). The Balaban J connectivity index is 2.28. The van der Waals surface area contributed by atoms with Crippen molar-refractivity contribution in [3.8, 4) is 0 Å². The Hall–Kier alpha value is -1.55. The fraction of sp³-hybridized carbons (Fsp3) is 0.462. The number of amides is 1. The molecule has 0 saturated carbocycles. The molecule has 1 aromatic rings. The van der Waals surface area contributed by atoms with Gasteiger partial charge in [0, 0.05) is 12.3 Å². The first-order valence-corrected chi connectivity index (χ1v) is 5.86. The van der Waals surface area contributed by atoms with Crippen LogP contribution in [-0.2, 0) is 0 Å². The zero-order valence-electron chi connectivity index (χ0n) is 10.2. The lowest BCUT2D eigenvalue weighted by Crippen LogP contribution is -2.55. The van der Waals surface area contributed by atoms with E-state index in [1.165, 1.54) is 0 Å². The summed E-state index contributed by atoms with van der Waals surface area (Å²) in [5.74, 6) is -0.0563. The summed E-state index contributed by atoms with van der Waals surface area (Å²) in [6, 6.07) is 5.74. The molecular weight excluding hydrogens is 216 g/mol. The van der Waals surface area contributed by atoms with Gasteiger partial charge < -0.3 is 15.7 Å². The molecule has 0 fully saturated rings. The smallest absolute Gasteiger partial charge is 0.255 e. The molecule has 92 valence electrons. The van der Waals surface area contributed by atoms with Crippen molar-refractivity contribution in [1.82, 2.24) is 5.32 Å². The maximum atomic E-state index is 12.0. The van der Waals surface area contributed by atoms with Crippen LogP contribution in [0.3, 0.4) is 0 Å². The molecule has 4 heteroatoms. The molecule has 0 aromatic heterocycles. The third-order valence-corrected chi connectivity index (χ3v) is 3.05. The Morgan fingerprint density at radius 3 is 2.82 bits per heavy atom. The molecule has 17 heavy (non-hydrogen) atoms. The summed E-state index contributed by atoms with van der Waals surface area (Å²) in [4.78, 5) is 12.0. The van der Waals surface area contributed by atoms with E-state index in [0.29, 0.717) is 18.4 Å². The maximum absolute atomic E-state index is 12.0. The lowest BCUT2D eigenvalue weighted by Gasteiger charge is -2.37. The van der Waals surface area contributed by atoms with Crippen molar-refractivity contribution in [2.45, 2.75) is 32.4 Å². The van der Waals surface area contributed by atoms with Gasteiger partial charge in [-0.25, -0.2) is 0 Å². The molecule has 1 amide bonds. The van der Waals surface area contributed by atoms with E-state index < -0.39 is 5.66 Å². The van der Waals surface area contributed by atoms with Crippen LogP contribution in [0, 0.1) is 6.92 Å². The molecule has 0 spiro atoms. The Kier molecular flexibility index (Phi) is 3.07. The lowest BCUT2D eigenvalue weighted by atomic mass is 9.98. The zero-order chi connectivity index (χ0) is 12.5. The van der Waals surface area contributed by atoms with Crippen molar-refractivity contribution in [2.24, 2.45) is 0 Å². The van der Waals surface area contributed by atoms with Gasteiger partial charge in [-0.05, 0) is 44.4 Å². The van der Waals surface area contributed by atoms with Gasteiger partial charge in [0.2, 0.25) is 0 Å². The van der Waals surface area contributed by atoms with Gasteiger partial charge in [-0.2, -0.15) is 0 Å². The summed E-state index contributed by atoms with van der Waals surface area (Å²) in [5.41, 5.74) is 2.20. The Morgan fingerprint density at radius 1 is 1.35 bits per heavy atom. The first kappa shape index (κ1) is 11.9. The number of aliphatic hydroxyl groups is 1. The summed E-state index contributed by atoms with van der Waals surface area (Å²) in [5, 5.41) is 15.2. The van der Waals surface area contributed by atoms with Crippen LogP contribution >= 0.6 is 0 Å². The second kappa shape index (κ2) is 4.37. The second-order valence-corrected chi connectivity index (χ2v) is 4.79. The molecule has 0 saturated heterocycles. The predicted molar refractivity (Wildman–Crippen MR) is 67.0 cm³/mol. The van der Waals surface area contributed by atoms with Crippen molar-refractivity contribution in [3.05, 3.63) is 29.3 Å². The Labute approximate surface area is 101 Å². The maximum Gasteiger partial charge on any atom is 0.255 e. The Morgan fingerprint density at radius 2 is 2.12 bits per heavy atom. The molecule has 1 unspecified atom stereocenters. The lowest BCUT2D eigenvalue weighted by molar-refractivity contribution is 0.0899. The van der Waals surface area contributed by atoms with E-state index in [1.807, 2.05) is 32.0 Å². The number of hydrogen-bond donors (Lipinski definition) is 3. The topological polar surface area (TPSA) is 61.4 Å². The highest BCUT2D eigenvalue weighted by Gasteiger charge is 2.32. The Bertz CT molecular complexity index is 445. The van der Waals surface area contributed by atoms with Gasteiger partial charge in [0.1, 0.15) is 5.66 Å². The summed E-state index contributed by atoms with van der Waals surface area (Å²) in [6.07, 6.45) is 1.35. The molecule has 1 heterocycles. The minimum atomic E-state index is -0.472. The van der Waals surface area contributed by atoms with Crippen molar-refractivity contribution in [2.75, 3.05) is 11.9 Å². The highest BCUT2D eigenvalue weighted by molar-refractivity contribution is 6.02. The number of rotatable bonds is 3. The third-order valence-electron chi connectivity index (χ3n) is 3.05. The molecule has 1 aromatic carbocycles. The average molecular weight is 234 g/mol. The van der Waals surface area contributed by atoms with Crippen molar-refractivity contribution >= 4 is 11.6 Å². The number of aliphatic hydroxyl groups excluding tert-OH is 1. The number of fused-ring (bicyclic) bond motifs is 1. The number of carbonyl (C=O) groups is 1. The monoisotopic (exact) mass is 234 g/mol. The number of benzene rings is 1. The van der Waals surface area contributed by atoms with Crippen LogP contribution in [0.25, 0.3) is 0 Å². The number of anilines is 1. The third kappa shape index (κ3) is 2.42. The van der Waals surface area contributed by atoms with E-state index in [4.69, 9.17) is 5.11 Å². The highest BCUT2D eigenvalue weighted by Crippen LogP contribution is 2.27. The number of hydrogen-bond acceptors (Lipinski definition) is 3. The van der Waals surface area contributed by atoms with E-state index in [1.54, 1.807) is 0 Å². The summed E-state index contributed by atoms with van der Waals surface area (Å²) in [6.45, 7) is 4.07. The van der Waals surface area contributed by atoms with Gasteiger partial charge in [0.05, 0.1) is 5.56 Å². The zero-order valence-corrected chi connectivity index (χ0v) is 10.2. The molecule has 1 aliphatic heterocycles. The summed E-state index contributed by atoms with van der Waals surface area (Å²) >= 11 is 0. The van der Waals surface area contributed by atoms with Crippen molar-refractivity contribution in [3.63, 3.8) is 0 Å². The molecule has 4 nitrogen and oxygen atoms in total. The molecule has 2 rings (SSSR count). The van der Waals surface area contributed by atoms with Crippen LogP contribution in [0.15, 0.2) is 18.2 Å². The fourth-order valence-electron chi connectivity index (χ4n) is 2.16. The van der Waals surface area contributed by atoms with Gasteiger partial charge in [-0.3, -0.25) is 4.79 Å². The van der Waals surface area contributed by atoms with Crippen molar-refractivity contribution in [1.29, 1.82) is 0 Å².